The van der Waals surface area contributed by atoms with E-state index in [1.54, 1.807) is 33.8 Å². The van der Waals surface area contributed by atoms with Gasteiger partial charge in [-0.3, -0.25) is 14.1 Å². The summed E-state index contributed by atoms with van der Waals surface area (Å²) in [6.45, 7) is 3.07. The molecule has 3 rings (SSSR count). The van der Waals surface area contributed by atoms with Crippen molar-refractivity contribution in [3.63, 3.8) is 0 Å². The molecule has 1 fully saturated rings. The first-order valence-electron chi connectivity index (χ1n) is 6.70. The van der Waals surface area contributed by atoms with Gasteiger partial charge >= 0.3 is 0 Å². The largest absolute Gasteiger partial charge is 0.333 e. The molecule has 0 spiro atoms. The Morgan fingerprint density at radius 1 is 1.38 bits per heavy atom. The molecule has 108 valence electrons. The quantitative estimate of drug-likeness (QED) is 0.784. The average molecular weight is 304 g/mol. The number of piperazine rings is 1. The molecule has 0 atom stereocenters. The van der Waals surface area contributed by atoms with Crippen LogP contribution in [0.4, 0.5) is 0 Å². The van der Waals surface area contributed by atoms with Crippen LogP contribution in [0, 0.1) is 11.3 Å². The number of nitrogens with zero attached hydrogens (tertiary/aromatic N) is 5. The first-order chi connectivity index (χ1) is 10.2. The van der Waals surface area contributed by atoms with E-state index in [0.29, 0.717) is 43.6 Å². The lowest BCUT2D eigenvalue weighted by Gasteiger charge is -2.32. The summed E-state index contributed by atoms with van der Waals surface area (Å²) in [5.41, 5.74) is 0.800. The Labute approximate surface area is 127 Å². The highest BCUT2D eigenvalue weighted by molar-refractivity contribution is 6.30. The van der Waals surface area contributed by atoms with Gasteiger partial charge in [0, 0.05) is 37.4 Å². The number of hydrogen-bond acceptors (Lipinski definition) is 4. The molecule has 2 aromatic rings. The number of fused-ring (bicyclic) bond motifs is 1. The minimum Gasteiger partial charge on any atom is -0.333 e. The van der Waals surface area contributed by atoms with Crippen LogP contribution in [0.15, 0.2) is 24.5 Å². The minimum atomic E-state index is -0.0890. The molecule has 0 radical (unpaired) electrons. The molecule has 0 saturated carbocycles. The number of imidazole rings is 1. The van der Waals surface area contributed by atoms with Gasteiger partial charge in [0.2, 0.25) is 5.82 Å². The van der Waals surface area contributed by atoms with Crippen LogP contribution in [-0.2, 0) is 0 Å². The number of aromatic nitrogens is 2. The molecule has 0 unspecified atom stereocenters. The summed E-state index contributed by atoms with van der Waals surface area (Å²) in [4.78, 5) is 20.6. The summed E-state index contributed by atoms with van der Waals surface area (Å²) in [6.07, 6.45) is 3.40. The normalized spacial score (nSPS) is 16.1. The van der Waals surface area contributed by atoms with Crippen LogP contribution in [0.5, 0.6) is 0 Å². The van der Waals surface area contributed by atoms with E-state index < -0.39 is 0 Å². The zero-order chi connectivity index (χ0) is 14.8. The molecular formula is C14H14ClN5O. The van der Waals surface area contributed by atoms with Crippen molar-refractivity contribution in [2.45, 2.75) is 0 Å². The van der Waals surface area contributed by atoms with Gasteiger partial charge in [-0.25, -0.2) is 4.98 Å². The van der Waals surface area contributed by atoms with Gasteiger partial charge in [0.05, 0.1) is 24.3 Å². The number of carbonyl (C=O) groups is 1. The Kier molecular flexibility index (Phi) is 3.78. The van der Waals surface area contributed by atoms with Gasteiger partial charge in [-0.1, -0.05) is 11.6 Å². The molecule has 1 amide bonds. The van der Waals surface area contributed by atoms with Crippen molar-refractivity contribution in [2.75, 3.05) is 32.7 Å². The third kappa shape index (κ3) is 2.71. The SMILES string of the molecule is N#CCN1CCN(C(=O)c2ncc3cc(Cl)ccn23)CC1. The molecular weight excluding hydrogens is 290 g/mol. The van der Waals surface area contributed by atoms with Crippen LogP contribution in [0.25, 0.3) is 5.52 Å². The second-order valence-electron chi connectivity index (χ2n) is 4.95. The van der Waals surface area contributed by atoms with Gasteiger partial charge in [0.25, 0.3) is 5.91 Å². The molecule has 3 heterocycles. The van der Waals surface area contributed by atoms with Gasteiger partial charge in [-0.2, -0.15) is 5.26 Å². The van der Waals surface area contributed by atoms with Crippen molar-refractivity contribution in [1.82, 2.24) is 19.2 Å². The van der Waals surface area contributed by atoms with Gasteiger partial charge in [0.1, 0.15) is 0 Å². The van der Waals surface area contributed by atoms with E-state index in [9.17, 15) is 4.79 Å². The maximum absolute atomic E-state index is 12.6. The van der Waals surface area contributed by atoms with Crippen molar-refractivity contribution < 1.29 is 4.79 Å². The van der Waals surface area contributed by atoms with E-state index >= 15 is 0 Å². The number of pyridine rings is 1. The molecule has 1 aliphatic heterocycles. The number of rotatable bonds is 2. The molecule has 0 N–H and O–H groups in total. The van der Waals surface area contributed by atoms with Crippen molar-refractivity contribution in [1.29, 1.82) is 5.26 Å². The summed E-state index contributed by atoms with van der Waals surface area (Å²) in [5.74, 6) is 0.310. The number of carbonyl (C=O) groups excluding carboxylic acids is 1. The maximum atomic E-state index is 12.6. The van der Waals surface area contributed by atoms with Crippen LogP contribution in [0.2, 0.25) is 5.02 Å². The Morgan fingerprint density at radius 3 is 2.86 bits per heavy atom. The Morgan fingerprint density at radius 2 is 2.14 bits per heavy atom. The van der Waals surface area contributed by atoms with E-state index in [1.807, 2.05) is 4.90 Å². The predicted octanol–water partition coefficient (Wildman–Crippen LogP) is 1.27. The van der Waals surface area contributed by atoms with Crippen LogP contribution in [-0.4, -0.2) is 57.8 Å². The van der Waals surface area contributed by atoms with E-state index in [1.165, 1.54) is 0 Å². The first-order valence-corrected chi connectivity index (χ1v) is 7.08. The molecule has 1 saturated heterocycles. The van der Waals surface area contributed by atoms with Crippen LogP contribution in [0.3, 0.4) is 0 Å². The molecule has 0 aliphatic carbocycles. The van der Waals surface area contributed by atoms with Crippen molar-refractivity contribution in [3.05, 3.63) is 35.4 Å². The zero-order valence-corrected chi connectivity index (χ0v) is 12.1. The van der Waals surface area contributed by atoms with Gasteiger partial charge in [-0.05, 0) is 12.1 Å². The molecule has 0 aromatic carbocycles. The van der Waals surface area contributed by atoms with Gasteiger partial charge in [0.15, 0.2) is 0 Å². The monoisotopic (exact) mass is 303 g/mol. The minimum absolute atomic E-state index is 0.0890. The standard InChI is InChI=1S/C14H14ClN5O/c15-11-1-3-20-12(9-11)10-17-13(20)14(21)19-7-5-18(4-2-16)6-8-19/h1,3,9-10H,4-8H2. The van der Waals surface area contributed by atoms with Crippen molar-refractivity contribution in [2.24, 2.45) is 0 Å². The predicted molar refractivity (Wildman–Crippen MR) is 78.2 cm³/mol. The molecule has 21 heavy (non-hydrogen) atoms. The number of amides is 1. The molecule has 6 nitrogen and oxygen atoms in total. The zero-order valence-electron chi connectivity index (χ0n) is 11.4. The van der Waals surface area contributed by atoms with Crippen LogP contribution in [0.1, 0.15) is 10.6 Å². The highest BCUT2D eigenvalue weighted by atomic mass is 35.5. The third-order valence-electron chi connectivity index (χ3n) is 3.64. The Hall–Kier alpha value is -2.10. The lowest BCUT2D eigenvalue weighted by molar-refractivity contribution is 0.0639. The molecule has 0 bridgehead atoms. The third-order valence-corrected chi connectivity index (χ3v) is 3.87. The summed E-state index contributed by atoms with van der Waals surface area (Å²) in [6, 6.07) is 5.64. The van der Waals surface area contributed by atoms with E-state index in [-0.39, 0.29) is 5.91 Å². The summed E-state index contributed by atoms with van der Waals surface area (Å²) in [5, 5.41) is 9.31. The number of halogens is 1. The smallest absolute Gasteiger partial charge is 0.290 e. The fourth-order valence-corrected chi connectivity index (χ4v) is 2.65. The van der Waals surface area contributed by atoms with Gasteiger partial charge in [-0.15, -0.1) is 0 Å². The topological polar surface area (TPSA) is 64.6 Å². The maximum Gasteiger partial charge on any atom is 0.290 e. The summed E-state index contributed by atoms with van der Waals surface area (Å²) < 4.78 is 1.75. The van der Waals surface area contributed by atoms with E-state index in [4.69, 9.17) is 16.9 Å². The van der Waals surface area contributed by atoms with Crippen molar-refractivity contribution in [3.8, 4) is 6.07 Å². The highest BCUT2D eigenvalue weighted by Gasteiger charge is 2.24. The van der Waals surface area contributed by atoms with E-state index in [0.717, 1.165) is 5.52 Å². The lowest BCUT2D eigenvalue weighted by Crippen LogP contribution is -2.49. The fourth-order valence-electron chi connectivity index (χ4n) is 2.48. The van der Waals surface area contributed by atoms with E-state index in [2.05, 4.69) is 11.1 Å². The lowest BCUT2D eigenvalue weighted by atomic mass is 10.3. The molecule has 7 heteroatoms. The average Bonchev–Trinajstić information content (AvgIpc) is 2.90. The summed E-state index contributed by atoms with van der Waals surface area (Å²) in [7, 11) is 0. The number of hydrogen-bond donors (Lipinski definition) is 0. The summed E-state index contributed by atoms with van der Waals surface area (Å²) >= 11 is 5.93. The second kappa shape index (κ2) is 5.72. The molecule has 2 aromatic heterocycles. The van der Waals surface area contributed by atoms with Gasteiger partial charge < -0.3 is 4.90 Å². The second-order valence-corrected chi connectivity index (χ2v) is 5.38. The fraction of sp³-hybridized carbons (Fsp3) is 0.357. The molecule has 1 aliphatic rings. The Balaban J connectivity index is 1.77. The number of nitriles is 1. The Bertz CT molecular complexity index is 712. The van der Waals surface area contributed by atoms with Crippen LogP contribution >= 0.6 is 11.6 Å². The van der Waals surface area contributed by atoms with Crippen LogP contribution < -0.4 is 0 Å². The highest BCUT2D eigenvalue weighted by Crippen LogP contribution is 2.15. The first kappa shape index (κ1) is 13.9. The van der Waals surface area contributed by atoms with Crippen molar-refractivity contribution >= 4 is 23.0 Å².